The maximum atomic E-state index is 12.2. The third kappa shape index (κ3) is 3.88. The van der Waals surface area contributed by atoms with Crippen molar-refractivity contribution in [2.75, 3.05) is 12.3 Å². The highest BCUT2D eigenvalue weighted by atomic mass is 35.5. The number of carbonyl (C=O) groups excluding carboxylic acids is 1. The molecule has 1 amide bonds. The van der Waals surface area contributed by atoms with Crippen LogP contribution in [0.4, 0.5) is 5.69 Å². The third-order valence-corrected chi connectivity index (χ3v) is 3.63. The molecule has 0 aliphatic heterocycles. The fourth-order valence-electron chi connectivity index (χ4n) is 1.93. The van der Waals surface area contributed by atoms with Gasteiger partial charge in [0.25, 0.3) is 5.91 Å². The van der Waals surface area contributed by atoms with Crippen molar-refractivity contribution in [3.63, 3.8) is 0 Å². The largest absolute Gasteiger partial charge is 0.398 e. The number of benzene rings is 2. The molecule has 2 aromatic carbocycles. The van der Waals surface area contributed by atoms with E-state index in [1.807, 2.05) is 12.1 Å². The molecule has 4 nitrogen and oxygen atoms in total. The summed E-state index contributed by atoms with van der Waals surface area (Å²) in [7, 11) is 0. The molecule has 5 N–H and O–H groups in total. The van der Waals surface area contributed by atoms with Gasteiger partial charge in [-0.25, -0.2) is 0 Å². The van der Waals surface area contributed by atoms with Crippen molar-refractivity contribution >= 4 is 34.8 Å². The molecular formula is C15H15Cl2N3O. The van der Waals surface area contributed by atoms with Crippen molar-refractivity contribution in [2.24, 2.45) is 5.73 Å². The molecule has 1 atom stereocenters. The predicted molar refractivity (Wildman–Crippen MR) is 86.6 cm³/mol. The summed E-state index contributed by atoms with van der Waals surface area (Å²) in [6, 6.07) is 11.6. The number of nitrogens with one attached hydrogen (secondary N) is 1. The van der Waals surface area contributed by atoms with Crippen LogP contribution in [0.3, 0.4) is 0 Å². The van der Waals surface area contributed by atoms with Crippen LogP contribution in [0, 0.1) is 0 Å². The standard InChI is InChI=1S/C15H15Cl2N3O/c16-11-3-1-2-9(6-11)14(8-18)20-15(21)10-4-5-12(17)13(19)7-10/h1-7,14H,8,18-19H2,(H,20,21). The summed E-state index contributed by atoms with van der Waals surface area (Å²) in [5.74, 6) is -0.270. The summed E-state index contributed by atoms with van der Waals surface area (Å²) in [5.41, 5.74) is 13.1. The highest BCUT2D eigenvalue weighted by molar-refractivity contribution is 6.33. The minimum Gasteiger partial charge on any atom is -0.398 e. The lowest BCUT2D eigenvalue weighted by Gasteiger charge is -2.18. The molecule has 0 spiro atoms. The molecule has 0 bridgehead atoms. The highest BCUT2D eigenvalue weighted by Gasteiger charge is 2.15. The molecule has 0 saturated carbocycles. The summed E-state index contributed by atoms with van der Waals surface area (Å²) >= 11 is 11.8. The number of amides is 1. The highest BCUT2D eigenvalue weighted by Crippen LogP contribution is 2.21. The summed E-state index contributed by atoms with van der Waals surface area (Å²) in [6.07, 6.45) is 0. The van der Waals surface area contributed by atoms with Crippen molar-refractivity contribution in [3.8, 4) is 0 Å². The SMILES string of the molecule is NCC(NC(=O)c1ccc(Cl)c(N)c1)c1cccc(Cl)c1. The van der Waals surface area contributed by atoms with E-state index in [4.69, 9.17) is 34.7 Å². The Morgan fingerprint density at radius 2 is 1.95 bits per heavy atom. The average molecular weight is 324 g/mol. The molecule has 110 valence electrons. The van der Waals surface area contributed by atoms with E-state index in [-0.39, 0.29) is 18.5 Å². The molecule has 1 unspecified atom stereocenters. The third-order valence-electron chi connectivity index (χ3n) is 3.05. The van der Waals surface area contributed by atoms with Gasteiger partial charge in [0.2, 0.25) is 0 Å². The zero-order chi connectivity index (χ0) is 15.4. The summed E-state index contributed by atoms with van der Waals surface area (Å²) in [5, 5.41) is 3.86. The van der Waals surface area contributed by atoms with Crippen LogP contribution in [0.2, 0.25) is 10.0 Å². The van der Waals surface area contributed by atoms with Crippen molar-refractivity contribution in [2.45, 2.75) is 6.04 Å². The molecule has 0 aliphatic rings. The van der Waals surface area contributed by atoms with Gasteiger partial charge < -0.3 is 16.8 Å². The second-order valence-corrected chi connectivity index (χ2v) is 5.40. The first kappa shape index (κ1) is 15.6. The van der Waals surface area contributed by atoms with E-state index in [9.17, 15) is 4.79 Å². The van der Waals surface area contributed by atoms with Gasteiger partial charge in [0.1, 0.15) is 0 Å². The quantitative estimate of drug-likeness (QED) is 0.756. The van der Waals surface area contributed by atoms with Crippen molar-refractivity contribution in [3.05, 3.63) is 63.6 Å². The average Bonchev–Trinajstić information content (AvgIpc) is 2.47. The van der Waals surface area contributed by atoms with Crippen LogP contribution in [-0.4, -0.2) is 12.5 Å². The van der Waals surface area contributed by atoms with E-state index >= 15 is 0 Å². The Kier molecular flexibility index (Phi) is 5.07. The molecular weight excluding hydrogens is 309 g/mol. The number of hydrogen-bond donors (Lipinski definition) is 3. The zero-order valence-corrected chi connectivity index (χ0v) is 12.7. The molecule has 0 fully saturated rings. The van der Waals surface area contributed by atoms with Gasteiger partial charge in [-0.2, -0.15) is 0 Å². The Morgan fingerprint density at radius 3 is 2.57 bits per heavy atom. The number of anilines is 1. The van der Waals surface area contributed by atoms with Crippen molar-refractivity contribution < 1.29 is 4.79 Å². The van der Waals surface area contributed by atoms with Crippen LogP contribution in [0.15, 0.2) is 42.5 Å². The molecule has 0 saturated heterocycles. The van der Waals surface area contributed by atoms with E-state index in [1.165, 1.54) is 6.07 Å². The lowest BCUT2D eigenvalue weighted by atomic mass is 10.1. The fourth-order valence-corrected chi connectivity index (χ4v) is 2.24. The van der Waals surface area contributed by atoms with Gasteiger partial charge in [0.15, 0.2) is 0 Å². The Balaban J connectivity index is 2.18. The first-order valence-corrected chi connectivity index (χ1v) is 7.08. The van der Waals surface area contributed by atoms with Crippen LogP contribution in [0.25, 0.3) is 0 Å². The lowest BCUT2D eigenvalue weighted by Crippen LogP contribution is -2.33. The number of carbonyl (C=O) groups is 1. The molecule has 0 aromatic heterocycles. The number of nitrogen functional groups attached to an aromatic ring is 1. The van der Waals surface area contributed by atoms with E-state index in [0.29, 0.717) is 21.3 Å². The monoisotopic (exact) mass is 323 g/mol. The van der Waals surface area contributed by atoms with Gasteiger partial charge in [0.05, 0.1) is 16.8 Å². The second kappa shape index (κ2) is 6.80. The van der Waals surface area contributed by atoms with Gasteiger partial charge in [-0.15, -0.1) is 0 Å². The van der Waals surface area contributed by atoms with Gasteiger partial charge in [0, 0.05) is 17.1 Å². The van der Waals surface area contributed by atoms with Crippen LogP contribution in [-0.2, 0) is 0 Å². The number of rotatable bonds is 4. The first-order valence-electron chi connectivity index (χ1n) is 6.32. The minimum atomic E-state index is -0.326. The molecule has 2 aromatic rings. The van der Waals surface area contributed by atoms with Gasteiger partial charge >= 0.3 is 0 Å². The van der Waals surface area contributed by atoms with Crippen LogP contribution in [0.5, 0.6) is 0 Å². The molecule has 0 aliphatic carbocycles. The van der Waals surface area contributed by atoms with Gasteiger partial charge in [-0.05, 0) is 35.9 Å². The number of halogens is 2. The summed E-state index contributed by atoms with van der Waals surface area (Å²) in [4.78, 5) is 12.2. The lowest BCUT2D eigenvalue weighted by molar-refractivity contribution is 0.0938. The van der Waals surface area contributed by atoms with E-state index in [1.54, 1.807) is 24.3 Å². The van der Waals surface area contributed by atoms with Crippen molar-refractivity contribution in [1.82, 2.24) is 5.32 Å². The maximum Gasteiger partial charge on any atom is 0.251 e. The molecule has 2 rings (SSSR count). The van der Waals surface area contributed by atoms with E-state index in [0.717, 1.165) is 5.56 Å². The zero-order valence-electron chi connectivity index (χ0n) is 11.1. The van der Waals surface area contributed by atoms with Crippen molar-refractivity contribution in [1.29, 1.82) is 0 Å². The van der Waals surface area contributed by atoms with E-state index < -0.39 is 0 Å². The Labute approximate surface area is 133 Å². The smallest absolute Gasteiger partial charge is 0.251 e. The van der Waals surface area contributed by atoms with Crippen LogP contribution < -0.4 is 16.8 Å². The minimum absolute atomic E-state index is 0.259. The predicted octanol–water partition coefficient (Wildman–Crippen LogP) is 3.01. The molecule has 6 heteroatoms. The maximum absolute atomic E-state index is 12.2. The first-order chi connectivity index (χ1) is 10.0. The number of hydrogen-bond acceptors (Lipinski definition) is 3. The fraction of sp³-hybridized carbons (Fsp3) is 0.133. The second-order valence-electron chi connectivity index (χ2n) is 4.55. The Bertz CT molecular complexity index is 661. The normalized spacial score (nSPS) is 12.0. The van der Waals surface area contributed by atoms with Gasteiger partial charge in [-0.3, -0.25) is 4.79 Å². The summed E-state index contributed by atoms with van der Waals surface area (Å²) in [6.45, 7) is 0.259. The Morgan fingerprint density at radius 1 is 1.19 bits per heavy atom. The molecule has 0 heterocycles. The van der Waals surface area contributed by atoms with Gasteiger partial charge in [-0.1, -0.05) is 35.3 Å². The topological polar surface area (TPSA) is 81.1 Å². The Hall–Kier alpha value is -1.75. The molecule has 0 radical (unpaired) electrons. The molecule has 21 heavy (non-hydrogen) atoms. The summed E-state index contributed by atoms with van der Waals surface area (Å²) < 4.78 is 0. The number of nitrogens with two attached hydrogens (primary N) is 2. The van der Waals surface area contributed by atoms with Crippen LogP contribution >= 0.6 is 23.2 Å². The van der Waals surface area contributed by atoms with Crippen LogP contribution in [0.1, 0.15) is 22.0 Å². The van der Waals surface area contributed by atoms with E-state index in [2.05, 4.69) is 5.32 Å².